The molecule has 1 saturated heterocycles. The molecule has 2 N–H and O–H groups in total. The number of nitrogens with zero attached hydrogens (tertiary/aromatic N) is 2. The van der Waals surface area contributed by atoms with Gasteiger partial charge in [0.2, 0.25) is 0 Å². The molecule has 0 radical (unpaired) electrons. The molecule has 1 aromatic rings. The highest BCUT2D eigenvalue weighted by Gasteiger charge is 2.24. The molecular weight excluding hydrogens is 286 g/mol. The third-order valence-electron chi connectivity index (χ3n) is 4.56. The topological polar surface area (TPSA) is 38.7 Å². The van der Waals surface area contributed by atoms with Crippen molar-refractivity contribution >= 4 is 18.1 Å². The van der Waals surface area contributed by atoms with Crippen LogP contribution >= 0.6 is 12.4 Å². The molecule has 1 aromatic carbocycles. The summed E-state index contributed by atoms with van der Waals surface area (Å²) in [6.07, 6.45) is 1.16. The first-order valence-corrected chi connectivity index (χ1v) is 7.70. The Morgan fingerprint density at radius 1 is 1.33 bits per heavy atom. The molecular formula is C16H26ClN3O. The molecule has 2 heterocycles. The van der Waals surface area contributed by atoms with Gasteiger partial charge in [0.05, 0.1) is 6.61 Å². The lowest BCUT2D eigenvalue weighted by Crippen LogP contribution is -2.52. The van der Waals surface area contributed by atoms with Gasteiger partial charge in [-0.25, -0.2) is 0 Å². The zero-order chi connectivity index (χ0) is 13.9. The van der Waals surface area contributed by atoms with Crippen molar-refractivity contribution in [3.8, 4) is 0 Å². The number of hydrogen-bond donors (Lipinski definition) is 2. The maximum atomic E-state index is 9.08. The molecule has 2 aliphatic rings. The Labute approximate surface area is 133 Å². The van der Waals surface area contributed by atoms with E-state index in [2.05, 4.69) is 40.2 Å². The van der Waals surface area contributed by atoms with E-state index >= 15 is 0 Å². The normalized spacial score (nSPS) is 22.5. The summed E-state index contributed by atoms with van der Waals surface area (Å²) < 4.78 is 0. The van der Waals surface area contributed by atoms with Gasteiger partial charge in [0.15, 0.2) is 0 Å². The fraction of sp³-hybridized carbons (Fsp3) is 0.625. The summed E-state index contributed by atoms with van der Waals surface area (Å²) in [4.78, 5) is 4.92. The Morgan fingerprint density at radius 3 is 2.95 bits per heavy atom. The minimum absolute atomic E-state index is 0. The van der Waals surface area contributed by atoms with Crippen molar-refractivity contribution in [2.45, 2.75) is 25.9 Å². The van der Waals surface area contributed by atoms with E-state index in [1.54, 1.807) is 0 Å². The number of β-amino-alcohol motifs (C(OH)–C–C–N with tert-alkyl or cyclic N) is 1. The van der Waals surface area contributed by atoms with Gasteiger partial charge in [-0.1, -0.05) is 18.2 Å². The first kappa shape index (κ1) is 16.6. The molecule has 0 bridgehead atoms. The van der Waals surface area contributed by atoms with E-state index in [1.807, 2.05) is 0 Å². The molecule has 5 heteroatoms. The van der Waals surface area contributed by atoms with Crippen LogP contribution in [0.25, 0.3) is 0 Å². The van der Waals surface area contributed by atoms with E-state index in [-0.39, 0.29) is 19.0 Å². The first-order chi connectivity index (χ1) is 9.78. The Bertz CT molecular complexity index is 469. The van der Waals surface area contributed by atoms with Crippen LogP contribution in [-0.4, -0.2) is 60.3 Å². The predicted molar refractivity (Wildman–Crippen MR) is 89.3 cm³/mol. The van der Waals surface area contributed by atoms with Crippen molar-refractivity contribution in [3.63, 3.8) is 0 Å². The van der Waals surface area contributed by atoms with E-state index in [1.165, 1.54) is 16.8 Å². The summed E-state index contributed by atoms with van der Waals surface area (Å²) >= 11 is 0. The van der Waals surface area contributed by atoms with Gasteiger partial charge in [-0.3, -0.25) is 9.80 Å². The fourth-order valence-electron chi connectivity index (χ4n) is 3.46. The lowest BCUT2D eigenvalue weighted by atomic mass is 10.1. The van der Waals surface area contributed by atoms with Crippen LogP contribution in [0.1, 0.15) is 18.1 Å². The number of piperazine rings is 1. The summed E-state index contributed by atoms with van der Waals surface area (Å²) in [6.45, 7) is 8.68. The molecule has 0 amide bonds. The largest absolute Gasteiger partial charge is 0.395 e. The van der Waals surface area contributed by atoms with Gasteiger partial charge in [-0.2, -0.15) is 0 Å². The van der Waals surface area contributed by atoms with E-state index in [0.717, 1.165) is 45.7 Å². The monoisotopic (exact) mass is 311 g/mol. The highest BCUT2D eigenvalue weighted by molar-refractivity contribution is 5.85. The van der Waals surface area contributed by atoms with Crippen molar-refractivity contribution in [3.05, 3.63) is 29.3 Å². The minimum atomic E-state index is 0. The number of hydrogen-bond acceptors (Lipinski definition) is 4. The number of aliphatic hydroxyl groups is 1. The molecule has 118 valence electrons. The molecule has 21 heavy (non-hydrogen) atoms. The average Bonchev–Trinajstić information content (AvgIpc) is 2.91. The fourth-order valence-corrected chi connectivity index (χ4v) is 3.46. The van der Waals surface area contributed by atoms with Gasteiger partial charge in [-0.05, 0) is 24.5 Å². The Morgan fingerprint density at radius 2 is 2.19 bits per heavy atom. The molecule has 1 fully saturated rings. The molecule has 0 aliphatic carbocycles. The van der Waals surface area contributed by atoms with Gasteiger partial charge in [-0.15, -0.1) is 12.4 Å². The number of benzene rings is 1. The molecule has 2 aliphatic heterocycles. The zero-order valence-electron chi connectivity index (χ0n) is 12.7. The predicted octanol–water partition coefficient (Wildman–Crippen LogP) is 1.57. The molecule has 0 spiro atoms. The van der Waals surface area contributed by atoms with Crippen LogP contribution in [0.4, 0.5) is 5.69 Å². The first-order valence-electron chi connectivity index (χ1n) is 7.70. The Hall–Kier alpha value is -0.810. The highest BCUT2D eigenvalue weighted by Crippen LogP contribution is 2.27. The zero-order valence-corrected chi connectivity index (χ0v) is 13.5. The van der Waals surface area contributed by atoms with Crippen LogP contribution in [0, 0.1) is 0 Å². The maximum absolute atomic E-state index is 9.08. The van der Waals surface area contributed by atoms with Gasteiger partial charge < -0.3 is 10.4 Å². The van der Waals surface area contributed by atoms with Gasteiger partial charge in [0.25, 0.3) is 0 Å². The smallest absolute Gasteiger partial charge is 0.0558 e. The SMILES string of the molecule is CC1CN(Cc2cccc3c2NCC3)CCN1CCO.Cl. The number of rotatable bonds is 4. The molecule has 0 saturated carbocycles. The Balaban J connectivity index is 0.00000161. The molecule has 4 nitrogen and oxygen atoms in total. The second kappa shape index (κ2) is 7.45. The number of halogens is 1. The number of fused-ring (bicyclic) bond motifs is 1. The standard InChI is InChI=1S/C16H25N3O.ClH/c1-13-11-18(7-8-19(13)9-10-20)12-15-4-2-3-14-5-6-17-16(14)15;/h2-4,13,17,20H,5-12H2,1H3;1H. The van der Waals surface area contributed by atoms with Crippen molar-refractivity contribution < 1.29 is 5.11 Å². The number of para-hydroxylation sites is 1. The maximum Gasteiger partial charge on any atom is 0.0558 e. The second-order valence-electron chi connectivity index (χ2n) is 5.97. The lowest BCUT2D eigenvalue weighted by molar-refractivity contribution is 0.0648. The van der Waals surface area contributed by atoms with Crippen molar-refractivity contribution in [2.24, 2.45) is 0 Å². The van der Waals surface area contributed by atoms with E-state index in [4.69, 9.17) is 5.11 Å². The Kier molecular flexibility index (Phi) is 5.88. The number of anilines is 1. The molecule has 3 rings (SSSR count). The van der Waals surface area contributed by atoms with Gasteiger partial charge >= 0.3 is 0 Å². The second-order valence-corrected chi connectivity index (χ2v) is 5.97. The summed E-state index contributed by atoms with van der Waals surface area (Å²) in [6, 6.07) is 7.20. The van der Waals surface area contributed by atoms with Crippen LogP contribution in [-0.2, 0) is 13.0 Å². The molecule has 0 aromatic heterocycles. The third-order valence-corrected chi connectivity index (χ3v) is 4.56. The molecule has 1 atom stereocenters. The molecule has 1 unspecified atom stereocenters. The average molecular weight is 312 g/mol. The number of nitrogens with one attached hydrogen (secondary N) is 1. The highest BCUT2D eigenvalue weighted by atomic mass is 35.5. The minimum Gasteiger partial charge on any atom is -0.395 e. The lowest BCUT2D eigenvalue weighted by Gasteiger charge is -2.39. The quantitative estimate of drug-likeness (QED) is 0.885. The number of aliphatic hydroxyl groups excluding tert-OH is 1. The van der Waals surface area contributed by atoms with Crippen LogP contribution < -0.4 is 5.32 Å². The van der Waals surface area contributed by atoms with Crippen molar-refractivity contribution in [2.75, 3.05) is 44.6 Å². The van der Waals surface area contributed by atoms with Crippen molar-refractivity contribution in [1.29, 1.82) is 0 Å². The van der Waals surface area contributed by atoms with E-state index in [9.17, 15) is 0 Å². The van der Waals surface area contributed by atoms with Crippen molar-refractivity contribution in [1.82, 2.24) is 9.80 Å². The van der Waals surface area contributed by atoms with Crippen LogP contribution in [0.2, 0.25) is 0 Å². The summed E-state index contributed by atoms with van der Waals surface area (Å²) in [5, 5.41) is 12.6. The summed E-state index contributed by atoms with van der Waals surface area (Å²) in [7, 11) is 0. The van der Waals surface area contributed by atoms with Gasteiger partial charge in [0, 0.05) is 51.0 Å². The van der Waals surface area contributed by atoms with Crippen LogP contribution in [0.3, 0.4) is 0 Å². The summed E-state index contributed by atoms with van der Waals surface area (Å²) in [5.74, 6) is 0. The van der Waals surface area contributed by atoms with Crippen LogP contribution in [0.5, 0.6) is 0 Å². The van der Waals surface area contributed by atoms with Crippen LogP contribution in [0.15, 0.2) is 18.2 Å². The van der Waals surface area contributed by atoms with Gasteiger partial charge in [0.1, 0.15) is 0 Å². The van der Waals surface area contributed by atoms with E-state index in [0.29, 0.717) is 6.04 Å². The summed E-state index contributed by atoms with van der Waals surface area (Å²) in [5.41, 5.74) is 4.27. The van der Waals surface area contributed by atoms with E-state index < -0.39 is 0 Å². The third kappa shape index (κ3) is 3.69.